The highest BCUT2D eigenvalue weighted by molar-refractivity contribution is 7.80. The number of nitrogens with one attached hydrogen (secondary N) is 3. The number of carbonyl (C=O) groups excluding carboxylic acids is 2. The maximum Gasteiger partial charge on any atom is 0.338 e. The second-order valence-corrected chi connectivity index (χ2v) is 8.16. The standard InChI is InChI=1S/C26H30N4O6S/c1-5-34-21-13-17(11-12-20(21)33-4)14-27-30-22(31)15-36-19-10-8-7-9-18(19)24-23(25(32)35-6-2)16(3)28-26(37)29-24/h7-14,24H,5-6,15H2,1-4H3,(H,30,31)(H2,28,29,37)/t24-/m0/s1. The van der Waals surface area contributed by atoms with E-state index in [-0.39, 0.29) is 13.2 Å². The number of hydrogen-bond donors (Lipinski definition) is 3. The molecule has 0 bridgehead atoms. The van der Waals surface area contributed by atoms with Crippen LogP contribution in [0, 0.1) is 0 Å². The first-order chi connectivity index (χ1) is 17.9. The molecule has 0 aliphatic carbocycles. The first kappa shape index (κ1) is 27.5. The number of benzene rings is 2. The van der Waals surface area contributed by atoms with Gasteiger partial charge >= 0.3 is 5.97 Å². The van der Waals surface area contributed by atoms with E-state index in [2.05, 4.69) is 21.2 Å². The molecule has 0 unspecified atom stereocenters. The minimum atomic E-state index is -0.611. The van der Waals surface area contributed by atoms with Crippen LogP contribution in [0.1, 0.15) is 37.9 Å². The summed E-state index contributed by atoms with van der Waals surface area (Å²) in [6, 6.07) is 11.8. The maximum atomic E-state index is 12.7. The third kappa shape index (κ3) is 7.20. The van der Waals surface area contributed by atoms with E-state index in [9.17, 15) is 9.59 Å². The van der Waals surface area contributed by atoms with E-state index >= 15 is 0 Å². The summed E-state index contributed by atoms with van der Waals surface area (Å²) in [6.07, 6.45) is 1.49. The zero-order valence-electron chi connectivity index (χ0n) is 21.1. The van der Waals surface area contributed by atoms with Crippen molar-refractivity contribution < 1.29 is 28.5 Å². The van der Waals surface area contributed by atoms with Crippen LogP contribution in [0.15, 0.2) is 58.8 Å². The van der Waals surface area contributed by atoms with Gasteiger partial charge in [0.15, 0.2) is 23.2 Å². The zero-order valence-corrected chi connectivity index (χ0v) is 21.9. The molecule has 1 aliphatic rings. The van der Waals surface area contributed by atoms with E-state index in [1.54, 1.807) is 57.4 Å². The summed E-state index contributed by atoms with van der Waals surface area (Å²) in [5.41, 5.74) is 4.76. The van der Waals surface area contributed by atoms with Gasteiger partial charge < -0.3 is 29.6 Å². The largest absolute Gasteiger partial charge is 0.493 e. The average Bonchev–Trinajstić information content (AvgIpc) is 2.87. The molecule has 2 aromatic rings. The van der Waals surface area contributed by atoms with Crippen LogP contribution in [0.5, 0.6) is 17.2 Å². The van der Waals surface area contributed by atoms with Gasteiger partial charge in [-0.3, -0.25) is 4.79 Å². The summed E-state index contributed by atoms with van der Waals surface area (Å²) in [6.45, 7) is 5.79. The molecule has 0 aromatic heterocycles. The van der Waals surface area contributed by atoms with Gasteiger partial charge in [0.25, 0.3) is 5.91 Å². The molecule has 3 rings (SSSR count). The summed E-state index contributed by atoms with van der Waals surface area (Å²) in [5, 5.41) is 10.4. The minimum absolute atomic E-state index is 0.231. The lowest BCUT2D eigenvalue weighted by Crippen LogP contribution is -2.45. The van der Waals surface area contributed by atoms with Crippen molar-refractivity contribution >= 4 is 35.4 Å². The molecule has 10 nitrogen and oxygen atoms in total. The van der Waals surface area contributed by atoms with E-state index in [0.29, 0.717) is 45.8 Å². The first-order valence-electron chi connectivity index (χ1n) is 11.7. The lowest BCUT2D eigenvalue weighted by atomic mass is 9.95. The number of para-hydroxylation sites is 1. The lowest BCUT2D eigenvalue weighted by molar-refractivity contribution is -0.139. The van der Waals surface area contributed by atoms with Crippen molar-refractivity contribution in [3.05, 3.63) is 64.9 Å². The number of methoxy groups -OCH3 is 1. The van der Waals surface area contributed by atoms with Crippen LogP contribution in [0.2, 0.25) is 0 Å². The number of hydrogen-bond acceptors (Lipinski definition) is 8. The average molecular weight is 527 g/mol. The Morgan fingerprint density at radius 3 is 2.59 bits per heavy atom. The number of ether oxygens (including phenoxy) is 4. The van der Waals surface area contributed by atoms with E-state index in [1.807, 2.05) is 13.0 Å². The molecule has 11 heteroatoms. The first-order valence-corrected chi connectivity index (χ1v) is 12.1. The van der Waals surface area contributed by atoms with E-state index in [0.717, 1.165) is 5.56 Å². The smallest absolute Gasteiger partial charge is 0.338 e. The molecule has 0 saturated heterocycles. The number of esters is 1. The van der Waals surface area contributed by atoms with Crippen LogP contribution in [-0.2, 0) is 14.3 Å². The lowest BCUT2D eigenvalue weighted by Gasteiger charge is -2.30. The number of rotatable bonds is 11. The Morgan fingerprint density at radius 1 is 1.08 bits per heavy atom. The fourth-order valence-electron chi connectivity index (χ4n) is 3.65. The number of amides is 1. The van der Waals surface area contributed by atoms with Gasteiger partial charge in [-0.1, -0.05) is 18.2 Å². The Morgan fingerprint density at radius 2 is 1.86 bits per heavy atom. The van der Waals surface area contributed by atoms with Crippen LogP contribution < -0.4 is 30.3 Å². The summed E-state index contributed by atoms with van der Waals surface area (Å²) >= 11 is 5.29. The quantitative estimate of drug-likeness (QED) is 0.176. The maximum absolute atomic E-state index is 12.7. The molecule has 0 spiro atoms. The monoisotopic (exact) mass is 526 g/mol. The molecule has 1 atom stereocenters. The van der Waals surface area contributed by atoms with E-state index < -0.39 is 17.9 Å². The van der Waals surface area contributed by atoms with Crippen LogP contribution in [0.25, 0.3) is 0 Å². The number of nitrogens with zero attached hydrogens (tertiary/aromatic N) is 1. The number of carbonyl (C=O) groups is 2. The predicted molar refractivity (Wildman–Crippen MR) is 143 cm³/mol. The Balaban J connectivity index is 1.69. The van der Waals surface area contributed by atoms with Gasteiger partial charge in [-0.15, -0.1) is 0 Å². The van der Waals surface area contributed by atoms with E-state index in [4.69, 9.17) is 31.2 Å². The molecular formula is C26H30N4O6S. The molecule has 3 N–H and O–H groups in total. The highest BCUT2D eigenvalue weighted by Gasteiger charge is 2.32. The van der Waals surface area contributed by atoms with Crippen molar-refractivity contribution in [2.75, 3.05) is 26.9 Å². The van der Waals surface area contributed by atoms with Crippen molar-refractivity contribution in [1.82, 2.24) is 16.1 Å². The second kappa shape index (κ2) is 13.3. The third-order valence-electron chi connectivity index (χ3n) is 5.24. The normalized spacial score (nSPS) is 15.0. The van der Waals surface area contributed by atoms with Gasteiger partial charge in [0, 0.05) is 11.3 Å². The van der Waals surface area contributed by atoms with Crippen molar-refractivity contribution in [2.45, 2.75) is 26.8 Å². The molecule has 0 fully saturated rings. The fraction of sp³-hybridized carbons (Fsp3) is 0.308. The second-order valence-electron chi connectivity index (χ2n) is 7.75. The van der Waals surface area contributed by atoms with Crippen molar-refractivity contribution in [2.24, 2.45) is 5.10 Å². The van der Waals surface area contributed by atoms with Gasteiger partial charge in [-0.25, -0.2) is 10.2 Å². The summed E-state index contributed by atoms with van der Waals surface area (Å²) in [4.78, 5) is 25.1. The molecule has 1 heterocycles. The highest BCUT2D eigenvalue weighted by atomic mass is 32.1. The minimum Gasteiger partial charge on any atom is -0.493 e. The predicted octanol–water partition coefficient (Wildman–Crippen LogP) is 2.98. The molecule has 1 aliphatic heterocycles. The van der Waals surface area contributed by atoms with Crippen LogP contribution in [0.4, 0.5) is 0 Å². The van der Waals surface area contributed by atoms with Gasteiger partial charge in [0.05, 0.1) is 38.2 Å². The van der Waals surface area contributed by atoms with Gasteiger partial charge in [-0.2, -0.15) is 5.10 Å². The molecule has 0 saturated carbocycles. The van der Waals surface area contributed by atoms with Crippen molar-refractivity contribution in [3.8, 4) is 17.2 Å². The topological polar surface area (TPSA) is 120 Å². The Kier molecular flexibility index (Phi) is 9.84. The van der Waals surface area contributed by atoms with Gasteiger partial charge in [0.1, 0.15) is 5.75 Å². The summed E-state index contributed by atoms with van der Waals surface area (Å²) in [7, 11) is 1.56. The van der Waals surface area contributed by atoms with Gasteiger partial charge in [-0.05, 0) is 62.8 Å². The van der Waals surface area contributed by atoms with Gasteiger partial charge in [0.2, 0.25) is 0 Å². The molecule has 0 radical (unpaired) electrons. The molecule has 1 amide bonds. The molecule has 37 heavy (non-hydrogen) atoms. The Hall–Kier alpha value is -4.12. The molecule has 196 valence electrons. The fourth-order valence-corrected chi connectivity index (χ4v) is 3.92. The summed E-state index contributed by atoms with van der Waals surface area (Å²) < 4.78 is 21.8. The Bertz CT molecular complexity index is 1210. The molecule has 2 aromatic carbocycles. The number of allylic oxidation sites excluding steroid dienone is 1. The zero-order chi connectivity index (χ0) is 26.8. The highest BCUT2D eigenvalue weighted by Crippen LogP contribution is 2.33. The Labute approximate surface area is 221 Å². The number of hydrazone groups is 1. The van der Waals surface area contributed by atoms with Crippen LogP contribution >= 0.6 is 12.2 Å². The summed E-state index contributed by atoms with van der Waals surface area (Å²) in [5.74, 6) is 0.666. The van der Waals surface area contributed by atoms with Crippen LogP contribution in [0.3, 0.4) is 0 Å². The van der Waals surface area contributed by atoms with E-state index in [1.165, 1.54) is 6.21 Å². The SMILES string of the molecule is CCOC(=O)C1=C(C)NC(=S)N[C@H]1c1ccccc1OCC(=O)NN=Cc1ccc(OC)c(OCC)c1. The number of thiocarbonyl (C=S) groups is 1. The van der Waals surface area contributed by atoms with Crippen LogP contribution in [-0.4, -0.2) is 50.1 Å². The molecular weight excluding hydrogens is 496 g/mol. The van der Waals surface area contributed by atoms with Crippen molar-refractivity contribution in [1.29, 1.82) is 0 Å². The third-order valence-corrected chi connectivity index (χ3v) is 5.46. The van der Waals surface area contributed by atoms with Crippen molar-refractivity contribution in [3.63, 3.8) is 0 Å².